The lowest BCUT2D eigenvalue weighted by Gasteiger charge is -2.49. The molecule has 3 aromatic rings. The molecule has 3 amide bonds. The number of hydrogen-bond donors (Lipinski definition) is 5. The number of nitrogens with one attached hydrogen (secondary N) is 3. The minimum Gasteiger partial charge on any atom is -0.477 e. The number of fused-ring (bicyclic) bond motifs is 1. The largest absolute Gasteiger partial charge is 0.477 e. The molecule has 0 saturated carbocycles. The zero-order valence-electron chi connectivity index (χ0n) is 22.9. The van der Waals surface area contributed by atoms with Crippen molar-refractivity contribution in [1.82, 2.24) is 29.9 Å². The number of nitrogens with two attached hydrogens (primary N) is 1. The number of halogens is 1. The molecule has 15 nitrogen and oxygen atoms in total. The lowest BCUT2D eigenvalue weighted by Crippen LogP contribution is -2.71. The summed E-state index contributed by atoms with van der Waals surface area (Å²) in [5.41, 5.74) is 8.65. The van der Waals surface area contributed by atoms with Crippen LogP contribution in [0.1, 0.15) is 17.1 Å². The molecular weight excluding hydrogens is 629 g/mol. The molecule has 4 heterocycles. The number of carbonyl (C=O) groups excluding carboxylic acids is 3. The Balaban J connectivity index is 1.27. The minimum absolute atomic E-state index is 0.0324. The number of nitrogen functional groups attached to an aromatic ring is 1. The Bertz CT molecular complexity index is 1790. The summed E-state index contributed by atoms with van der Waals surface area (Å²) < 4.78 is 16.4. The van der Waals surface area contributed by atoms with Gasteiger partial charge in [-0.05, 0) is 40.8 Å². The molecule has 18 heteroatoms. The lowest BCUT2D eigenvalue weighted by atomic mass is 9.97. The second-order valence-corrected chi connectivity index (χ2v) is 11.3. The molecule has 2 aliphatic heterocycles. The quantitative estimate of drug-likeness (QED) is 0.0496. The van der Waals surface area contributed by atoms with Crippen LogP contribution in [0.15, 0.2) is 59.0 Å². The molecule has 1 aromatic carbocycles. The Morgan fingerprint density at radius 2 is 2.09 bits per heavy atom. The number of nitriles is 1. The van der Waals surface area contributed by atoms with Crippen LogP contribution < -0.4 is 16.4 Å². The fourth-order valence-electron chi connectivity index (χ4n) is 4.63. The molecule has 45 heavy (non-hydrogen) atoms. The number of aromatic amines is 1. The highest BCUT2D eigenvalue weighted by atomic mass is 32.2. The monoisotopic (exact) mass is 651 g/mol. The lowest BCUT2D eigenvalue weighted by molar-refractivity contribution is -0.150. The van der Waals surface area contributed by atoms with Gasteiger partial charge in [-0.1, -0.05) is 29.4 Å². The van der Waals surface area contributed by atoms with E-state index >= 15 is 0 Å². The number of carboxylic acid groups (broad SMARTS) is 1. The van der Waals surface area contributed by atoms with Gasteiger partial charge in [-0.3, -0.25) is 24.6 Å². The maximum atomic E-state index is 13.1. The van der Waals surface area contributed by atoms with Crippen LogP contribution >= 0.6 is 23.3 Å². The van der Waals surface area contributed by atoms with Gasteiger partial charge in [0.05, 0.1) is 0 Å². The van der Waals surface area contributed by atoms with Crippen LogP contribution in [-0.2, 0) is 30.4 Å². The number of nitrogens with zero attached hydrogens (tertiary/aromatic N) is 5. The number of aromatic nitrogens is 3. The highest BCUT2D eigenvalue weighted by Gasteiger charge is 2.54. The number of aliphatic carboxylic acids is 1. The average Bonchev–Trinajstić information content (AvgIpc) is 3.68. The summed E-state index contributed by atoms with van der Waals surface area (Å²) in [5, 5.41) is 25.8. The van der Waals surface area contributed by atoms with Crippen LogP contribution in [-0.4, -0.2) is 77.8 Å². The first-order chi connectivity index (χ1) is 21.7. The SMILES string of the molecule is N#CNC(=O)/C=C/c1cc(-c2ccc(CC3=C(C(=O)O)N4C(=O)C(NC(=O)/C(=N/OCF)c5nsc(N)n5)C4SC3)cc2)c[nH]1. The molecule has 2 atom stereocenters. The van der Waals surface area contributed by atoms with E-state index in [1.54, 1.807) is 12.4 Å². The summed E-state index contributed by atoms with van der Waals surface area (Å²) in [6, 6.07) is 8.18. The maximum absolute atomic E-state index is 13.1. The van der Waals surface area contributed by atoms with Crippen molar-refractivity contribution in [2.45, 2.75) is 17.8 Å². The van der Waals surface area contributed by atoms with E-state index in [2.05, 4.69) is 29.7 Å². The number of carboxylic acids is 1. The third kappa shape index (κ3) is 6.68. The van der Waals surface area contributed by atoms with Crippen LogP contribution in [0, 0.1) is 11.5 Å². The van der Waals surface area contributed by atoms with Gasteiger partial charge in [0.2, 0.25) is 11.5 Å². The number of rotatable bonds is 11. The van der Waals surface area contributed by atoms with Crippen LogP contribution in [0.4, 0.5) is 9.52 Å². The molecule has 0 aliphatic carbocycles. The number of β-lactam (4-membered cyclic amide) rings is 1. The minimum atomic E-state index is -1.32. The Hall–Kier alpha value is -5.54. The van der Waals surface area contributed by atoms with E-state index in [0.29, 0.717) is 11.3 Å². The topological polar surface area (TPSA) is 229 Å². The predicted octanol–water partition coefficient (Wildman–Crippen LogP) is 1.35. The third-order valence-corrected chi connectivity index (χ3v) is 8.50. The molecule has 0 spiro atoms. The Morgan fingerprint density at radius 1 is 1.31 bits per heavy atom. The van der Waals surface area contributed by atoms with E-state index < -0.39 is 47.7 Å². The van der Waals surface area contributed by atoms with Crippen molar-refractivity contribution in [3.05, 3.63) is 71.0 Å². The van der Waals surface area contributed by atoms with Crippen LogP contribution in [0.3, 0.4) is 0 Å². The Morgan fingerprint density at radius 3 is 2.76 bits per heavy atom. The smallest absolute Gasteiger partial charge is 0.352 e. The summed E-state index contributed by atoms with van der Waals surface area (Å²) in [6.45, 7) is -1.32. The Labute approximate surface area is 261 Å². The third-order valence-electron chi connectivity index (χ3n) is 6.61. The second kappa shape index (κ2) is 13.4. The van der Waals surface area contributed by atoms with Gasteiger partial charge >= 0.3 is 5.97 Å². The molecular formula is C27H22FN9O6S2. The number of benzene rings is 1. The molecule has 2 aromatic heterocycles. The number of alkyl halides is 1. The molecule has 1 saturated heterocycles. The first kappa shape index (κ1) is 30.9. The first-order valence-electron chi connectivity index (χ1n) is 12.9. The summed E-state index contributed by atoms with van der Waals surface area (Å²) in [7, 11) is 0. The molecule has 0 radical (unpaired) electrons. The highest BCUT2D eigenvalue weighted by Crippen LogP contribution is 2.41. The van der Waals surface area contributed by atoms with Crippen LogP contribution in [0.2, 0.25) is 0 Å². The van der Waals surface area contributed by atoms with E-state index in [4.69, 9.17) is 11.0 Å². The zero-order valence-corrected chi connectivity index (χ0v) is 24.5. The molecule has 230 valence electrons. The van der Waals surface area contributed by atoms with E-state index in [1.165, 1.54) is 23.9 Å². The van der Waals surface area contributed by atoms with Gasteiger partial charge in [-0.25, -0.2) is 9.18 Å². The standard InChI is InChI=1S/C27H22FN9O6S2/c28-11-43-35-19(22-34-27(30)45-36-22)23(39)33-20-24(40)37-21(26(41)42)16(10-44-25(20)37)7-13-1-3-14(4-2-13)15-8-17(31-9-15)5-6-18(38)32-12-29/h1-6,8-9,20,25,31H,7,10-11H2,(H,32,38)(H,33,39)(H,41,42)(H2,30,34,36)/b6-5+,35-19+. The molecule has 1 fully saturated rings. The highest BCUT2D eigenvalue weighted by molar-refractivity contribution is 8.00. The zero-order chi connectivity index (χ0) is 32.1. The van der Waals surface area contributed by atoms with Crippen molar-refractivity contribution in [3.63, 3.8) is 0 Å². The van der Waals surface area contributed by atoms with Crippen molar-refractivity contribution in [3.8, 4) is 17.3 Å². The van der Waals surface area contributed by atoms with Gasteiger partial charge in [0.15, 0.2) is 11.3 Å². The van der Waals surface area contributed by atoms with E-state index in [0.717, 1.165) is 33.1 Å². The average molecular weight is 652 g/mol. The molecule has 6 N–H and O–H groups in total. The number of H-pyrrole nitrogens is 1. The van der Waals surface area contributed by atoms with Crippen LogP contribution in [0.25, 0.3) is 17.2 Å². The van der Waals surface area contributed by atoms with Crippen LogP contribution in [0.5, 0.6) is 0 Å². The second-order valence-electron chi connectivity index (χ2n) is 9.40. The van der Waals surface area contributed by atoms with Gasteiger partial charge < -0.3 is 26.0 Å². The van der Waals surface area contributed by atoms with E-state index in [9.17, 15) is 28.7 Å². The van der Waals surface area contributed by atoms with Gasteiger partial charge in [0.25, 0.3) is 24.6 Å². The van der Waals surface area contributed by atoms with Crippen molar-refractivity contribution in [1.29, 1.82) is 5.26 Å². The number of oxime groups is 1. The number of thioether (sulfide) groups is 1. The summed E-state index contributed by atoms with van der Waals surface area (Å²) in [6.07, 6.45) is 6.35. The number of carbonyl (C=O) groups is 4. The summed E-state index contributed by atoms with van der Waals surface area (Å²) in [5.74, 6) is -3.29. The van der Waals surface area contributed by atoms with Crippen molar-refractivity contribution < 1.29 is 33.5 Å². The summed E-state index contributed by atoms with van der Waals surface area (Å²) in [4.78, 5) is 62.2. The fraction of sp³-hybridized carbons (Fsp3) is 0.185. The van der Waals surface area contributed by atoms with E-state index in [1.807, 2.05) is 35.6 Å². The van der Waals surface area contributed by atoms with Gasteiger partial charge in [-0.2, -0.15) is 14.6 Å². The molecule has 2 aliphatic rings. The van der Waals surface area contributed by atoms with Crippen molar-refractivity contribution in [2.75, 3.05) is 18.3 Å². The Kier molecular flexibility index (Phi) is 9.20. The normalized spacial score (nSPS) is 17.8. The van der Waals surface area contributed by atoms with E-state index in [-0.39, 0.29) is 28.8 Å². The van der Waals surface area contributed by atoms with Gasteiger partial charge in [0.1, 0.15) is 17.1 Å². The molecule has 5 rings (SSSR count). The maximum Gasteiger partial charge on any atom is 0.352 e. The number of anilines is 1. The molecule has 0 bridgehead atoms. The number of amides is 3. The number of hydrogen-bond acceptors (Lipinski definition) is 12. The fourth-order valence-corrected chi connectivity index (χ4v) is 6.41. The van der Waals surface area contributed by atoms with Crippen molar-refractivity contribution in [2.24, 2.45) is 5.16 Å². The first-order valence-corrected chi connectivity index (χ1v) is 14.7. The van der Waals surface area contributed by atoms with Gasteiger partial charge in [0, 0.05) is 35.3 Å². The van der Waals surface area contributed by atoms with Gasteiger partial charge in [-0.15, -0.1) is 11.8 Å². The molecule has 2 unspecified atom stereocenters. The summed E-state index contributed by atoms with van der Waals surface area (Å²) >= 11 is 2.07. The van der Waals surface area contributed by atoms with Crippen molar-refractivity contribution >= 4 is 63.9 Å². The predicted molar refractivity (Wildman–Crippen MR) is 160 cm³/mol.